The summed E-state index contributed by atoms with van der Waals surface area (Å²) in [5.74, 6) is -0.384. The van der Waals surface area contributed by atoms with Crippen LogP contribution in [0.5, 0.6) is 0 Å². The number of hydrogen-bond acceptors (Lipinski definition) is 4. The second-order valence-electron chi connectivity index (χ2n) is 6.41. The smallest absolute Gasteiger partial charge is 0.240 e. The number of hydrogen-bond donors (Lipinski definition) is 1. The highest BCUT2D eigenvalue weighted by molar-refractivity contribution is 5.85. The number of rotatable bonds is 4. The average molecular weight is 332 g/mol. The molecule has 2 aliphatic rings. The summed E-state index contributed by atoms with van der Waals surface area (Å²) >= 11 is 0. The van der Waals surface area contributed by atoms with Crippen molar-refractivity contribution >= 4 is 5.91 Å². The van der Waals surface area contributed by atoms with Crippen molar-refractivity contribution in [1.29, 1.82) is 5.26 Å². The molecule has 0 saturated carbocycles. The summed E-state index contributed by atoms with van der Waals surface area (Å²) in [4.78, 5) is 12.5. The summed E-state index contributed by atoms with van der Waals surface area (Å²) in [6, 6.07) is 8.44. The maximum absolute atomic E-state index is 13.1. The molecule has 5 nitrogen and oxygen atoms in total. The van der Waals surface area contributed by atoms with Crippen LogP contribution in [0.1, 0.15) is 30.9 Å². The first-order valence-corrected chi connectivity index (χ1v) is 8.29. The Morgan fingerprint density at radius 3 is 2.67 bits per heavy atom. The second-order valence-corrected chi connectivity index (χ2v) is 6.41. The van der Waals surface area contributed by atoms with Gasteiger partial charge in [0.25, 0.3) is 0 Å². The summed E-state index contributed by atoms with van der Waals surface area (Å²) in [6.45, 7) is 1.93. The number of nitriles is 1. The van der Waals surface area contributed by atoms with Crippen LogP contribution in [0.25, 0.3) is 0 Å². The molecule has 0 aliphatic carbocycles. The van der Waals surface area contributed by atoms with Crippen LogP contribution >= 0.6 is 0 Å². The highest BCUT2D eigenvalue weighted by atomic mass is 19.1. The molecule has 128 valence electrons. The van der Waals surface area contributed by atoms with Gasteiger partial charge in [0.2, 0.25) is 5.91 Å². The Bertz CT molecular complexity index is 620. The standard InChI is InChI=1S/C18H21FN2O3/c19-15-3-1-13(2-4-15)16-14(5-8-24-16)11-21-17(22)18(12-20)6-9-23-10-7-18/h1-4,14,16H,5-11H2,(H,21,22)/t14-,16-/m0/s1. The van der Waals surface area contributed by atoms with E-state index in [1.54, 1.807) is 12.1 Å². The van der Waals surface area contributed by atoms with Gasteiger partial charge in [-0.3, -0.25) is 4.79 Å². The van der Waals surface area contributed by atoms with E-state index < -0.39 is 5.41 Å². The van der Waals surface area contributed by atoms with E-state index in [0.717, 1.165) is 12.0 Å². The number of halogens is 1. The third-order valence-electron chi connectivity index (χ3n) is 4.93. The first-order chi connectivity index (χ1) is 11.6. The number of amides is 1. The van der Waals surface area contributed by atoms with Gasteiger partial charge in [0.15, 0.2) is 0 Å². The molecule has 6 heteroatoms. The first kappa shape index (κ1) is 16.9. The van der Waals surface area contributed by atoms with Crippen molar-refractivity contribution in [2.45, 2.75) is 25.4 Å². The van der Waals surface area contributed by atoms with Crippen LogP contribution in [0.2, 0.25) is 0 Å². The highest BCUT2D eigenvalue weighted by Gasteiger charge is 2.41. The molecule has 1 N–H and O–H groups in total. The largest absolute Gasteiger partial charge is 0.381 e. The Morgan fingerprint density at radius 1 is 1.29 bits per heavy atom. The number of ether oxygens (including phenoxy) is 2. The summed E-state index contributed by atoms with van der Waals surface area (Å²) in [7, 11) is 0. The van der Waals surface area contributed by atoms with E-state index in [2.05, 4.69) is 11.4 Å². The summed E-state index contributed by atoms with van der Waals surface area (Å²) in [5.41, 5.74) is -0.0717. The van der Waals surface area contributed by atoms with Crippen LogP contribution in [0.4, 0.5) is 4.39 Å². The van der Waals surface area contributed by atoms with E-state index in [-0.39, 0.29) is 23.7 Å². The van der Waals surface area contributed by atoms with Crippen LogP contribution in [0.3, 0.4) is 0 Å². The summed E-state index contributed by atoms with van der Waals surface area (Å²) in [5, 5.41) is 12.4. The monoisotopic (exact) mass is 332 g/mol. The van der Waals surface area contributed by atoms with Crippen molar-refractivity contribution < 1.29 is 18.7 Å². The number of nitrogens with one attached hydrogen (secondary N) is 1. The molecule has 1 aromatic rings. The predicted octanol–water partition coefficient (Wildman–Crippen LogP) is 2.34. The van der Waals surface area contributed by atoms with Gasteiger partial charge in [0, 0.05) is 32.3 Å². The lowest BCUT2D eigenvalue weighted by molar-refractivity contribution is -0.132. The summed E-state index contributed by atoms with van der Waals surface area (Å²) < 4.78 is 24.1. The lowest BCUT2D eigenvalue weighted by atomic mass is 9.80. The molecule has 0 bridgehead atoms. The third kappa shape index (κ3) is 3.42. The van der Waals surface area contributed by atoms with Gasteiger partial charge >= 0.3 is 0 Å². The molecule has 3 rings (SSSR count). The Hall–Kier alpha value is -1.97. The maximum Gasteiger partial charge on any atom is 0.240 e. The SMILES string of the molecule is N#CC1(C(=O)NC[C@@H]2CCO[C@H]2c2ccc(F)cc2)CCOCC1. The van der Waals surface area contributed by atoms with E-state index in [1.165, 1.54) is 12.1 Å². The van der Waals surface area contributed by atoms with Crippen LogP contribution in [-0.2, 0) is 14.3 Å². The number of carbonyl (C=O) groups excluding carboxylic acids is 1. The molecular weight excluding hydrogens is 311 g/mol. The van der Waals surface area contributed by atoms with Gasteiger partial charge in [-0.1, -0.05) is 12.1 Å². The number of nitrogens with zero attached hydrogens (tertiary/aromatic N) is 1. The minimum absolute atomic E-state index is 0.120. The van der Waals surface area contributed by atoms with Gasteiger partial charge in [0.1, 0.15) is 11.2 Å². The van der Waals surface area contributed by atoms with Crippen molar-refractivity contribution in [3.8, 4) is 6.07 Å². The zero-order chi connectivity index (χ0) is 17.0. The van der Waals surface area contributed by atoms with E-state index in [1.807, 2.05) is 0 Å². The van der Waals surface area contributed by atoms with Gasteiger partial charge in [-0.25, -0.2) is 4.39 Å². The fraction of sp³-hybridized carbons (Fsp3) is 0.556. The molecule has 0 aromatic heterocycles. The molecule has 2 heterocycles. The molecule has 1 aromatic carbocycles. The van der Waals surface area contributed by atoms with Crippen LogP contribution in [-0.4, -0.2) is 32.3 Å². The average Bonchev–Trinajstić information content (AvgIpc) is 3.09. The molecule has 0 spiro atoms. The van der Waals surface area contributed by atoms with Crippen molar-refractivity contribution in [1.82, 2.24) is 5.32 Å². The molecule has 2 fully saturated rings. The Kier molecular flexibility index (Phi) is 5.12. The molecular formula is C18H21FN2O3. The molecule has 2 saturated heterocycles. The van der Waals surface area contributed by atoms with Crippen molar-refractivity contribution in [3.05, 3.63) is 35.6 Å². The fourth-order valence-corrected chi connectivity index (χ4v) is 3.37. The zero-order valence-corrected chi connectivity index (χ0v) is 13.5. The lowest BCUT2D eigenvalue weighted by Crippen LogP contribution is -2.45. The molecule has 0 unspecified atom stereocenters. The van der Waals surface area contributed by atoms with Crippen LogP contribution < -0.4 is 5.32 Å². The Labute approximate surface area is 140 Å². The third-order valence-corrected chi connectivity index (χ3v) is 4.93. The van der Waals surface area contributed by atoms with Crippen LogP contribution in [0.15, 0.2) is 24.3 Å². The van der Waals surface area contributed by atoms with E-state index >= 15 is 0 Å². The Morgan fingerprint density at radius 2 is 2.00 bits per heavy atom. The van der Waals surface area contributed by atoms with Crippen molar-refractivity contribution in [2.75, 3.05) is 26.4 Å². The van der Waals surface area contributed by atoms with E-state index in [9.17, 15) is 14.4 Å². The topological polar surface area (TPSA) is 71.4 Å². The quantitative estimate of drug-likeness (QED) is 0.919. The fourth-order valence-electron chi connectivity index (χ4n) is 3.37. The molecule has 0 radical (unpaired) electrons. The number of benzene rings is 1. The molecule has 1 amide bonds. The van der Waals surface area contributed by atoms with Crippen LogP contribution in [0, 0.1) is 28.5 Å². The zero-order valence-electron chi connectivity index (χ0n) is 13.5. The predicted molar refractivity (Wildman–Crippen MR) is 84.3 cm³/mol. The first-order valence-electron chi connectivity index (χ1n) is 8.29. The molecule has 24 heavy (non-hydrogen) atoms. The molecule has 2 atom stereocenters. The van der Waals surface area contributed by atoms with Gasteiger partial charge in [-0.15, -0.1) is 0 Å². The number of carbonyl (C=O) groups is 1. The highest BCUT2D eigenvalue weighted by Crippen LogP contribution is 2.35. The second kappa shape index (κ2) is 7.29. The van der Waals surface area contributed by atoms with Crippen molar-refractivity contribution in [2.24, 2.45) is 11.3 Å². The van der Waals surface area contributed by atoms with Crippen molar-refractivity contribution in [3.63, 3.8) is 0 Å². The maximum atomic E-state index is 13.1. The van der Waals surface area contributed by atoms with E-state index in [4.69, 9.17) is 9.47 Å². The van der Waals surface area contributed by atoms with Gasteiger partial charge in [0.05, 0.1) is 12.2 Å². The Balaban J connectivity index is 1.62. The van der Waals surface area contributed by atoms with Gasteiger partial charge < -0.3 is 14.8 Å². The van der Waals surface area contributed by atoms with Gasteiger partial charge in [-0.2, -0.15) is 5.26 Å². The van der Waals surface area contributed by atoms with E-state index in [0.29, 0.717) is 39.2 Å². The van der Waals surface area contributed by atoms with Gasteiger partial charge in [-0.05, 0) is 37.0 Å². The normalized spacial score (nSPS) is 25.8. The minimum atomic E-state index is -0.983. The summed E-state index contributed by atoms with van der Waals surface area (Å²) in [6.07, 6.45) is 1.53. The minimum Gasteiger partial charge on any atom is -0.381 e. The molecule has 2 aliphatic heterocycles. The lowest BCUT2D eigenvalue weighted by Gasteiger charge is -2.30.